The highest BCUT2D eigenvalue weighted by molar-refractivity contribution is 7.89. The fraction of sp³-hybridized carbons (Fsp3) is 0.292. The van der Waals surface area contributed by atoms with E-state index in [1.165, 1.54) is 0 Å². The molecule has 154 valence electrons. The molecule has 0 spiro atoms. The van der Waals surface area contributed by atoms with Crippen LogP contribution >= 0.6 is 0 Å². The number of amides is 1. The summed E-state index contributed by atoms with van der Waals surface area (Å²) in [7, 11) is -3.54. The number of nitrogens with one attached hydrogen (secondary N) is 1. The molecule has 0 unspecified atom stereocenters. The number of benzene rings is 3. The highest BCUT2D eigenvalue weighted by Crippen LogP contribution is 2.33. The van der Waals surface area contributed by atoms with Crippen LogP contribution in [0.4, 0.5) is 5.69 Å². The van der Waals surface area contributed by atoms with Gasteiger partial charge in [-0.05, 0) is 59.9 Å². The zero-order valence-corrected chi connectivity index (χ0v) is 17.5. The van der Waals surface area contributed by atoms with E-state index in [1.807, 2.05) is 42.5 Å². The van der Waals surface area contributed by atoms with Crippen molar-refractivity contribution >= 4 is 32.4 Å². The van der Waals surface area contributed by atoms with Crippen molar-refractivity contribution in [3.8, 4) is 0 Å². The highest BCUT2D eigenvalue weighted by atomic mass is 32.2. The van der Waals surface area contributed by atoms with Gasteiger partial charge in [-0.1, -0.05) is 49.2 Å². The SMILES string of the molecule is O=C(c1cccc2ccccc12)N1CCc2cc(S(=O)(=O)NC3CCCC3)ccc21. The fourth-order valence-corrected chi connectivity index (χ4v) is 6.00. The lowest BCUT2D eigenvalue weighted by molar-refractivity contribution is 0.0991. The van der Waals surface area contributed by atoms with E-state index in [0.29, 0.717) is 18.5 Å². The summed E-state index contributed by atoms with van der Waals surface area (Å²) in [6.07, 6.45) is 4.60. The average molecular weight is 421 g/mol. The molecule has 0 radical (unpaired) electrons. The van der Waals surface area contributed by atoms with Crippen LogP contribution in [0, 0.1) is 0 Å². The molecule has 0 bridgehead atoms. The molecule has 6 heteroatoms. The quantitative estimate of drug-likeness (QED) is 0.686. The number of carbonyl (C=O) groups excluding carboxylic acids is 1. The van der Waals surface area contributed by atoms with Gasteiger partial charge in [-0.15, -0.1) is 0 Å². The van der Waals surface area contributed by atoms with Crippen LogP contribution in [-0.4, -0.2) is 26.9 Å². The first-order valence-corrected chi connectivity index (χ1v) is 12.0. The Labute approximate surface area is 176 Å². The highest BCUT2D eigenvalue weighted by Gasteiger charge is 2.29. The molecule has 3 aromatic rings. The van der Waals surface area contributed by atoms with E-state index in [-0.39, 0.29) is 16.8 Å². The van der Waals surface area contributed by atoms with Crippen LogP contribution in [0.25, 0.3) is 10.8 Å². The predicted molar refractivity (Wildman–Crippen MR) is 118 cm³/mol. The molecule has 1 fully saturated rings. The molecule has 5 nitrogen and oxygen atoms in total. The van der Waals surface area contributed by atoms with Crippen molar-refractivity contribution in [2.45, 2.75) is 43.0 Å². The van der Waals surface area contributed by atoms with Crippen molar-refractivity contribution in [2.24, 2.45) is 0 Å². The molecule has 5 rings (SSSR count). The number of sulfonamides is 1. The Kier molecular flexibility index (Phi) is 4.83. The third kappa shape index (κ3) is 3.40. The zero-order chi connectivity index (χ0) is 20.7. The zero-order valence-electron chi connectivity index (χ0n) is 16.7. The van der Waals surface area contributed by atoms with Crippen molar-refractivity contribution in [2.75, 3.05) is 11.4 Å². The van der Waals surface area contributed by atoms with Crippen molar-refractivity contribution in [3.05, 3.63) is 71.8 Å². The van der Waals surface area contributed by atoms with Gasteiger partial charge in [0.2, 0.25) is 10.0 Å². The first-order chi connectivity index (χ1) is 14.5. The maximum atomic E-state index is 13.3. The number of carbonyl (C=O) groups is 1. The lowest BCUT2D eigenvalue weighted by Gasteiger charge is -2.19. The number of fused-ring (bicyclic) bond motifs is 2. The van der Waals surface area contributed by atoms with Gasteiger partial charge in [0, 0.05) is 23.8 Å². The van der Waals surface area contributed by atoms with Crippen LogP contribution in [0.5, 0.6) is 0 Å². The standard InChI is InChI=1S/C24H24N2O3S/c27-24(22-11-5-7-17-6-1-4-10-21(17)22)26-15-14-18-16-20(12-13-23(18)26)30(28,29)25-19-8-2-3-9-19/h1,4-7,10-13,16,19,25H,2-3,8-9,14-15H2. The molecule has 0 saturated heterocycles. The topological polar surface area (TPSA) is 66.5 Å². The third-order valence-electron chi connectivity index (χ3n) is 6.20. The fourth-order valence-electron chi connectivity index (χ4n) is 4.64. The molecule has 0 aromatic heterocycles. The van der Waals surface area contributed by atoms with Crippen LogP contribution in [0.3, 0.4) is 0 Å². The summed E-state index contributed by atoms with van der Waals surface area (Å²) in [5, 5.41) is 1.96. The van der Waals surface area contributed by atoms with Gasteiger partial charge in [0.1, 0.15) is 0 Å². The van der Waals surface area contributed by atoms with Gasteiger partial charge in [0.15, 0.2) is 0 Å². The molecule has 1 heterocycles. The largest absolute Gasteiger partial charge is 0.308 e. The average Bonchev–Trinajstić information content (AvgIpc) is 3.41. The Balaban J connectivity index is 1.44. The Morgan fingerprint density at radius 3 is 2.57 bits per heavy atom. The molecule has 1 aliphatic heterocycles. The van der Waals surface area contributed by atoms with E-state index in [1.54, 1.807) is 23.1 Å². The molecule has 30 heavy (non-hydrogen) atoms. The van der Waals surface area contributed by atoms with Gasteiger partial charge in [-0.25, -0.2) is 13.1 Å². The van der Waals surface area contributed by atoms with Gasteiger partial charge in [0.05, 0.1) is 4.90 Å². The van der Waals surface area contributed by atoms with E-state index in [9.17, 15) is 13.2 Å². The summed E-state index contributed by atoms with van der Waals surface area (Å²) in [5.41, 5.74) is 2.37. The predicted octanol–water partition coefficient (Wildman–Crippen LogP) is 4.26. The van der Waals surface area contributed by atoms with Crippen molar-refractivity contribution < 1.29 is 13.2 Å². The number of hydrogen-bond acceptors (Lipinski definition) is 3. The number of anilines is 1. The van der Waals surface area contributed by atoms with E-state index < -0.39 is 10.0 Å². The lowest BCUT2D eigenvalue weighted by atomic mass is 10.0. The number of rotatable bonds is 4. The van der Waals surface area contributed by atoms with Crippen molar-refractivity contribution in [1.29, 1.82) is 0 Å². The van der Waals surface area contributed by atoms with E-state index >= 15 is 0 Å². The summed E-state index contributed by atoms with van der Waals surface area (Å²) in [4.78, 5) is 15.4. The minimum atomic E-state index is -3.54. The molecular weight excluding hydrogens is 396 g/mol. The Bertz CT molecular complexity index is 1220. The van der Waals surface area contributed by atoms with Gasteiger partial charge in [0.25, 0.3) is 5.91 Å². The second-order valence-electron chi connectivity index (χ2n) is 8.13. The molecule has 1 amide bonds. The normalized spacial score (nSPS) is 16.9. The summed E-state index contributed by atoms with van der Waals surface area (Å²) in [5.74, 6) is -0.0507. The van der Waals surface area contributed by atoms with Gasteiger partial charge < -0.3 is 4.90 Å². The van der Waals surface area contributed by atoms with E-state index in [0.717, 1.165) is 47.7 Å². The Morgan fingerprint density at radius 2 is 1.73 bits per heavy atom. The second-order valence-corrected chi connectivity index (χ2v) is 9.84. The summed E-state index contributed by atoms with van der Waals surface area (Å²) < 4.78 is 28.4. The minimum Gasteiger partial charge on any atom is -0.308 e. The number of nitrogens with zero attached hydrogens (tertiary/aromatic N) is 1. The summed E-state index contributed by atoms with van der Waals surface area (Å²) in [6.45, 7) is 0.553. The van der Waals surface area contributed by atoms with Crippen LogP contribution in [0.2, 0.25) is 0 Å². The Morgan fingerprint density at radius 1 is 0.967 bits per heavy atom. The van der Waals surface area contributed by atoms with Gasteiger partial charge in [-0.3, -0.25) is 4.79 Å². The van der Waals surface area contributed by atoms with E-state index in [2.05, 4.69) is 4.72 Å². The first kappa shape index (κ1) is 19.3. The van der Waals surface area contributed by atoms with Crippen LogP contribution < -0.4 is 9.62 Å². The van der Waals surface area contributed by atoms with Gasteiger partial charge in [-0.2, -0.15) is 0 Å². The molecule has 3 aromatic carbocycles. The minimum absolute atomic E-state index is 0.0349. The van der Waals surface area contributed by atoms with E-state index in [4.69, 9.17) is 0 Å². The molecular formula is C24H24N2O3S. The van der Waals surface area contributed by atoms with Crippen molar-refractivity contribution in [1.82, 2.24) is 4.72 Å². The van der Waals surface area contributed by atoms with Crippen molar-refractivity contribution in [3.63, 3.8) is 0 Å². The second kappa shape index (κ2) is 7.52. The third-order valence-corrected chi connectivity index (χ3v) is 7.72. The van der Waals surface area contributed by atoms with Gasteiger partial charge >= 0.3 is 0 Å². The molecule has 1 aliphatic carbocycles. The number of hydrogen-bond donors (Lipinski definition) is 1. The van der Waals surface area contributed by atoms with Crippen LogP contribution in [-0.2, 0) is 16.4 Å². The smallest absolute Gasteiger partial charge is 0.258 e. The maximum Gasteiger partial charge on any atom is 0.258 e. The maximum absolute atomic E-state index is 13.3. The molecule has 1 N–H and O–H groups in total. The Hall–Kier alpha value is -2.70. The molecule has 2 aliphatic rings. The monoisotopic (exact) mass is 420 g/mol. The molecule has 1 saturated carbocycles. The summed E-state index contributed by atoms with van der Waals surface area (Å²) in [6, 6.07) is 18.8. The molecule has 0 atom stereocenters. The lowest BCUT2D eigenvalue weighted by Crippen LogP contribution is -2.32. The van der Waals surface area contributed by atoms with Crippen LogP contribution in [0.1, 0.15) is 41.6 Å². The summed E-state index contributed by atoms with van der Waals surface area (Å²) >= 11 is 0. The first-order valence-electron chi connectivity index (χ1n) is 10.5. The van der Waals surface area contributed by atoms with Crippen LogP contribution in [0.15, 0.2) is 65.6 Å².